The van der Waals surface area contributed by atoms with Crippen molar-refractivity contribution in [2.24, 2.45) is 0 Å². The van der Waals surface area contributed by atoms with Crippen molar-refractivity contribution in [3.05, 3.63) is 48.5 Å². The summed E-state index contributed by atoms with van der Waals surface area (Å²) in [6.45, 7) is 4.17. The second-order valence-electron chi connectivity index (χ2n) is 3.82. The van der Waals surface area contributed by atoms with Gasteiger partial charge in [-0.25, -0.2) is 4.98 Å². The minimum atomic E-state index is 0.927. The molecule has 84 valence electrons. The molecule has 0 aliphatic heterocycles. The lowest BCUT2D eigenvalue weighted by Crippen LogP contribution is -2.13. The normalized spacial score (nSPS) is 10.6. The van der Waals surface area contributed by atoms with Gasteiger partial charge < -0.3 is 9.88 Å². The predicted octanol–water partition coefficient (Wildman–Crippen LogP) is 2.37. The first kappa shape index (κ1) is 10.9. The molecule has 16 heavy (non-hydrogen) atoms. The molecule has 1 heterocycles. The molecule has 1 aromatic heterocycles. The van der Waals surface area contributed by atoms with Gasteiger partial charge in [0.15, 0.2) is 0 Å². The Morgan fingerprint density at radius 3 is 3.06 bits per heavy atom. The average molecular weight is 215 g/mol. The van der Waals surface area contributed by atoms with E-state index in [1.54, 1.807) is 6.20 Å². The van der Waals surface area contributed by atoms with Crippen molar-refractivity contribution >= 4 is 0 Å². The van der Waals surface area contributed by atoms with E-state index in [4.69, 9.17) is 0 Å². The van der Waals surface area contributed by atoms with Gasteiger partial charge in [0.1, 0.15) is 0 Å². The zero-order valence-electron chi connectivity index (χ0n) is 9.56. The van der Waals surface area contributed by atoms with Gasteiger partial charge in [0, 0.05) is 24.6 Å². The third-order valence-corrected chi connectivity index (χ3v) is 2.47. The van der Waals surface area contributed by atoms with E-state index in [-0.39, 0.29) is 0 Å². The number of hydrogen-bond acceptors (Lipinski definition) is 2. The van der Waals surface area contributed by atoms with Crippen molar-refractivity contribution in [1.29, 1.82) is 0 Å². The van der Waals surface area contributed by atoms with Crippen molar-refractivity contribution in [1.82, 2.24) is 14.9 Å². The molecule has 3 heteroatoms. The fourth-order valence-corrected chi connectivity index (χ4v) is 1.65. The number of hydrogen-bond donors (Lipinski definition) is 1. The Hall–Kier alpha value is -1.61. The van der Waals surface area contributed by atoms with Crippen LogP contribution in [0.15, 0.2) is 43.0 Å². The van der Waals surface area contributed by atoms with Crippen LogP contribution in [0, 0.1) is 0 Å². The fraction of sp³-hybridized carbons (Fsp3) is 0.308. The smallest absolute Gasteiger partial charge is 0.0991 e. The molecular formula is C13H17N3. The maximum absolute atomic E-state index is 4.05. The van der Waals surface area contributed by atoms with Crippen molar-refractivity contribution in [3.8, 4) is 5.69 Å². The van der Waals surface area contributed by atoms with Crippen LogP contribution in [0.25, 0.3) is 5.69 Å². The zero-order valence-corrected chi connectivity index (χ0v) is 9.56. The Kier molecular flexibility index (Phi) is 3.72. The molecule has 0 saturated heterocycles. The van der Waals surface area contributed by atoms with Gasteiger partial charge >= 0.3 is 0 Å². The van der Waals surface area contributed by atoms with Crippen molar-refractivity contribution < 1.29 is 0 Å². The number of imidazole rings is 1. The van der Waals surface area contributed by atoms with Crippen LogP contribution in [-0.4, -0.2) is 16.1 Å². The zero-order chi connectivity index (χ0) is 11.2. The van der Waals surface area contributed by atoms with E-state index in [9.17, 15) is 0 Å². The van der Waals surface area contributed by atoms with Gasteiger partial charge in [0.05, 0.1) is 6.33 Å². The van der Waals surface area contributed by atoms with Crippen LogP contribution in [0.1, 0.15) is 18.9 Å². The van der Waals surface area contributed by atoms with Crippen molar-refractivity contribution in [2.75, 3.05) is 6.54 Å². The molecule has 0 saturated carbocycles. The van der Waals surface area contributed by atoms with E-state index in [2.05, 4.69) is 41.5 Å². The Labute approximate surface area is 96.1 Å². The van der Waals surface area contributed by atoms with Crippen molar-refractivity contribution in [3.63, 3.8) is 0 Å². The van der Waals surface area contributed by atoms with E-state index < -0.39 is 0 Å². The summed E-state index contributed by atoms with van der Waals surface area (Å²) in [4.78, 5) is 4.05. The largest absolute Gasteiger partial charge is 0.313 e. The molecule has 3 nitrogen and oxygen atoms in total. The molecule has 1 aromatic carbocycles. The summed E-state index contributed by atoms with van der Waals surface area (Å²) in [5.41, 5.74) is 2.47. The maximum Gasteiger partial charge on any atom is 0.0991 e. The highest BCUT2D eigenvalue weighted by Gasteiger charge is 1.97. The minimum absolute atomic E-state index is 0.927. The second kappa shape index (κ2) is 5.47. The lowest BCUT2D eigenvalue weighted by molar-refractivity contribution is 0.675. The predicted molar refractivity (Wildman–Crippen MR) is 65.6 cm³/mol. The maximum atomic E-state index is 4.05. The first-order chi connectivity index (χ1) is 7.90. The van der Waals surface area contributed by atoms with E-state index in [0.29, 0.717) is 0 Å². The summed E-state index contributed by atoms with van der Waals surface area (Å²) in [5.74, 6) is 0. The lowest BCUT2D eigenvalue weighted by Gasteiger charge is -2.06. The van der Waals surface area contributed by atoms with Crippen molar-refractivity contribution in [2.45, 2.75) is 19.9 Å². The van der Waals surface area contributed by atoms with Gasteiger partial charge in [0.25, 0.3) is 0 Å². The monoisotopic (exact) mass is 215 g/mol. The quantitative estimate of drug-likeness (QED) is 0.776. The summed E-state index contributed by atoms with van der Waals surface area (Å²) in [6.07, 6.45) is 6.74. The highest BCUT2D eigenvalue weighted by Crippen LogP contribution is 2.09. The Bertz CT molecular complexity index is 421. The van der Waals surface area contributed by atoms with Crippen LogP contribution < -0.4 is 5.32 Å². The third kappa shape index (κ3) is 2.70. The summed E-state index contributed by atoms with van der Waals surface area (Å²) < 4.78 is 2.02. The molecule has 0 aliphatic rings. The molecule has 0 atom stereocenters. The van der Waals surface area contributed by atoms with Gasteiger partial charge in [-0.1, -0.05) is 19.1 Å². The van der Waals surface area contributed by atoms with Crippen LogP contribution in [0.3, 0.4) is 0 Å². The summed E-state index contributed by atoms with van der Waals surface area (Å²) >= 11 is 0. The lowest BCUT2D eigenvalue weighted by atomic mass is 10.2. The minimum Gasteiger partial charge on any atom is -0.313 e. The fourth-order valence-electron chi connectivity index (χ4n) is 1.65. The van der Waals surface area contributed by atoms with E-state index in [0.717, 1.165) is 18.8 Å². The van der Waals surface area contributed by atoms with Crippen LogP contribution in [0.4, 0.5) is 0 Å². The van der Waals surface area contributed by atoms with Gasteiger partial charge in [-0.15, -0.1) is 0 Å². The number of aromatic nitrogens is 2. The first-order valence-corrected chi connectivity index (χ1v) is 5.68. The van der Waals surface area contributed by atoms with Gasteiger partial charge in [0.2, 0.25) is 0 Å². The molecule has 0 bridgehead atoms. The number of rotatable bonds is 5. The first-order valence-electron chi connectivity index (χ1n) is 5.68. The summed E-state index contributed by atoms with van der Waals surface area (Å²) in [5, 5.41) is 3.40. The van der Waals surface area contributed by atoms with Gasteiger partial charge in [-0.2, -0.15) is 0 Å². The van der Waals surface area contributed by atoms with E-state index >= 15 is 0 Å². The molecule has 0 aliphatic carbocycles. The summed E-state index contributed by atoms with van der Waals surface area (Å²) in [7, 11) is 0. The molecule has 0 fully saturated rings. The molecule has 2 aromatic rings. The molecule has 2 rings (SSSR count). The average Bonchev–Trinajstić information content (AvgIpc) is 2.83. The highest BCUT2D eigenvalue weighted by molar-refractivity contribution is 5.35. The summed E-state index contributed by atoms with van der Waals surface area (Å²) in [6, 6.07) is 8.50. The molecular weight excluding hydrogens is 198 g/mol. The van der Waals surface area contributed by atoms with Crippen LogP contribution in [-0.2, 0) is 6.54 Å². The SMILES string of the molecule is CCCNCc1cccc(-n2ccnc2)c1. The van der Waals surface area contributed by atoms with Crippen LogP contribution in [0.5, 0.6) is 0 Å². The third-order valence-electron chi connectivity index (χ3n) is 2.47. The highest BCUT2D eigenvalue weighted by atomic mass is 15.0. The Morgan fingerprint density at radius 2 is 2.31 bits per heavy atom. The van der Waals surface area contributed by atoms with Gasteiger partial charge in [-0.3, -0.25) is 0 Å². The van der Waals surface area contributed by atoms with E-state index in [1.807, 2.05) is 17.1 Å². The number of benzene rings is 1. The van der Waals surface area contributed by atoms with Crippen LogP contribution >= 0.6 is 0 Å². The molecule has 0 amide bonds. The Morgan fingerprint density at radius 1 is 1.38 bits per heavy atom. The number of nitrogens with one attached hydrogen (secondary N) is 1. The number of nitrogens with zero attached hydrogens (tertiary/aromatic N) is 2. The molecule has 0 unspecified atom stereocenters. The Balaban J connectivity index is 2.08. The standard InChI is InChI=1S/C13H17N3/c1-2-6-14-10-12-4-3-5-13(9-12)16-8-7-15-11-16/h3-5,7-9,11,14H,2,6,10H2,1H3. The molecule has 1 N–H and O–H groups in total. The van der Waals surface area contributed by atoms with Gasteiger partial charge in [-0.05, 0) is 30.7 Å². The molecule has 0 radical (unpaired) electrons. The topological polar surface area (TPSA) is 29.9 Å². The molecule has 0 spiro atoms. The van der Waals surface area contributed by atoms with Crippen LogP contribution in [0.2, 0.25) is 0 Å². The second-order valence-corrected chi connectivity index (χ2v) is 3.82. The van der Waals surface area contributed by atoms with E-state index in [1.165, 1.54) is 12.0 Å².